The van der Waals surface area contributed by atoms with Crippen molar-refractivity contribution in [1.82, 2.24) is 4.90 Å². The van der Waals surface area contributed by atoms with Gasteiger partial charge in [0.05, 0.1) is 4.90 Å². The lowest BCUT2D eigenvalue weighted by molar-refractivity contribution is 0.409. The SMILES string of the molecule is C=C/C(=N\S(=O)(=O)c1ccc(C)cc1)N(Cc1ccccc1)Cc1ccccc1. The molecule has 0 saturated carbocycles. The van der Waals surface area contributed by atoms with Crippen LogP contribution in [0.15, 0.2) is 107 Å². The second-order valence-corrected chi connectivity index (χ2v) is 8.37. The molecule has 4 nitrogen and oxygen atoms in total. The molecule has 0 aliphatic rings. The van der Waals surface area contributed by atoms with Crippen LogP contribution in [0, 0.1) is 6.92 Å². The first-order valence-corrected chi connectivity index (χ1v) is 10.8. The highest BCUT2D eigenvalue weighted by Gasteiger charge is 2.17. The smallest absolute Gasteiger partial charge is 0.284 e. The zero-order chi connectivity index (χ0) is 20.7. The summed E-state index contributed by atoms with van der Waals surface area (Å²) in [4.78, 5) is 2.09. The van der Waals surface area contributed by atoms with E-state index in [1.54, 1.807) is 24.3 Å². The molecule has 0 atom stereocenters. The molecule has 0 radical (unpaired) electrons. The largest absolute Gasteiger partial charge is 0.347 e. The highest BCUT2D eigenvalue weighted by Crippen LogP contribution is 2.17. The first kappa shape index (κ1) is 20.6. The van der Waals surface area contributed by atoms with Gasteiger partial charge in [0.15, 0.2) is 0 Å². The highest BCUT2D eigenvalue weighted by atomic mass is 32.2. The van der Waals surface area contributed by atoms with Gasteiger partial charge in [-0.15, -0.1) is 4.40 Å². The molecule has 0 aliphatic carbocycles. The van der Waals surface area contributed by atoms with Crippen molar-refractivity contribution >= 4 is 15.9 Å². The standard InChI is InChI=1S/C24H24N2O2S/c1-3-24(25-29(27,28)23-16-14-20(2)15-17-23)26(18-21-10-6-4-7-11-21)19-22-12-8-5-9-13-22/h3-17H,1,18-19H2,2H3/b25-24+. The number of aryl methyl sites for hydroxylation is 1. The summed E-state index contributed by atoms with van der Waals surface area (Å²) in [7, 11) is -3.84. The number of hydrogen-bond donors (Lipinski definition) is 0. The fourth-order valence-corrected chi connectivity index (χ4v) is 3.96. The van der Waals surface area contributed by atoms with Crippen LogP contribution in [0.5, 0.6) is 0 Å². The Labute approximate surface area is 172 Å². The molecule has 0 amide bonds. The minimum absolute atomic E-state index is 0.168. The molecule has 3 aromatic carbocycles. The van der Waals surface area contributed by atoms with Crippen molar-refractivity contribution in [2.45, 2.75) is 24.9 Å². The first-order valence-electron chi connectivity index (χ1n) is 9.35. The van der Waals surface area contributed by atoms with Crippen LogP contribution < -0.4 is 0 Å². The van der Waals surface area contributed by atoms with E-state index in [9.17, 15) is 8.42 Å². The second-order valence-electron chi connectivity index (χ2n) is 6.77. The molecular weight excluding hydrogens is 380 g/mol. The van der Waals surface area contributed by atoms with Crippen LogP contribution in [0.2, 0.25) is 0 Å². The zero-order valence-corrected chi connectivity index (χ0v) is 17.2. The van der Waals surface area contributed by atoms with E-state index in [1.165, 1.54) is 6.08 Å². The number of amidine groups is 1. The molecule has 0 saturated heterocycles. The minimum Gasteiger partial charge on any atom is -0.347 e. The Balaban J connectivity index is 1.97. The maximum Gasteiger partial charge on any atom is 0.284 e. The Bertz CT molecular complexity index is 1030. The Morgan fingerprint density at radius 1 is 0.862 bits per heavy atom. The van der Waals surface area contributed by atoms with Gasteiger partial charge >= 0.3 is 0 Å². The molecule has 29 heavy (non-hydrogen) atoms. The molecule has 0 aromatic heterocycles. The molecule has 0 bridgehead atoms. The van der Waals surface area contributed by atoms with Crippen molar-refractivity contribution in [2.24, 2.45) is 4.40 Å². The van der Waals surface area contributed by atoms with Crippen LogP contribution in [-0.4, -0.2) is 19.2 Å². The van der Waals surface area contributed by atoms with E-state index in [2.05, 4.69) is 11.0 Å². The third-order valence-corrected chi connectivity index (χ3v) is 5.77. The fraction of sp³-hybridized carbons (Fsp3) is 0.125. The fourth-order valence-electron chi connectivity index (χ4n) is 2.94. The van der Waals surface area contributed by atoms with Gasteiger partial charge in [0.1, 0.15) is 5.84 Å². The van der Waals surface area contributed by atoms with Crippen molar-refractivity contribution in [1.29, 1.82) is 0 Å². The number of benzene rings is 3. The maximum atomic E-state index is 12.9. The third kappa shape index (κ3) is 5.65. The summed E-state index contributed by atoms with van der Waals surface area (Å²) in [5.41, 5.74) is 3.11. The van der Waals surface area contributed by atoms with Crippen LogP contribution in [0.4, 0.5) is 0 Å². The van der Waals surface area contributed by atoms with E-state index in [0.717, 1.165) is 16.7 Å². The molecule has 0 spiro atoms. The minimum atomic E-state index is -3.84. The summed E-state index contributed by atoms with van der Waals surface area (Å²) >= 11 is 0. The topological polar surface area (TPSA) is 49.7 Å². The van der Waals surface area contributed by atoms with Gasteiger partial charge in [0.2, 0.25) is 0 Å². The Kier molecular flexibility index (Phi) is 6.62. The molecule has 0 heterocycles. The summed E-state index contributed by atoms with van der Waals surface area (Å²) < 4.78 is 29.8. The van der Waals surface area contributed by atoms with Crippen LogP contribution in [-0.2, 0) is 23.1 Å². The molecule has 3 rings (SSSR count). The van der Waals surface area contributed by atoms with E-state index in [0.29, 0.717) is 18.9 Å². The highest BCUT2D eigenvalue weighted by molar-refractivity contribution is 7.90. The predicted molar refractivity (Wildman–Crippen MR) is 118 cm³/mol. The van der Waals surface area contributed by atoms with E-state index in [1.807, 2.05) is 72.5 Å². The Morgan fingerprint density at radius 2 is 1.34 bits per heavy atom. The van der Waals surface area contributed by atoms with Gasteiger partial charge in [-0.25, -0.2) is 0 Å². The summed E-state index contributed by atoms with van der Waals surface area (Å²) in [5.74, 6) is 0.318. The molecule has 3 aromatic rings. The normalized spacial score (nSPS) is 11.8. The summed E-state index contributed by atoms with van der Waals surface area (Å²) in [5, 5.41) is 0. The van der Waals surface area contributed by atoms with E-state index in [4.69, 9.17) is 0 Å². The summed E-state index contributed by atoms with van der Waals surface area (Å²) in [6, 6.07) is 26.5. The average Bonchev–Trinajstić information content (AvgIpc) is 2.73. The number of nitrogens with zero attached hydrogens (tertiary/aromatic N) is 2. The molecule has 0 unspecified atom stereocenters. The van der Waals surface area contributed by atoms with Crippen molar-refractivity contribution in [3.05, 3.63) is 114 Å². The molecule has 5 heteroatoms. The quantitative estimate of drug-likeness (QED) is 0.413. The second kappa shape index (κ2) is 9.34. The van der Waals surface area contributed by atoms with Crippen LogP contribution >= 0.6 is 0 Å². The average molecular weight is 405 g/mol. The molecule has 148 valence electrons. The third-order valence-electron chi connectivity index (χ3n) is 4.47. The lowest BCUT2D eigenvalue weighted by Crippen LogP contribution is -2.29. The van der Waals surface area contributed by atoms with Crippen LogP contribution in [0.25, 0.3) is 0 Å². The van der Waals surface area contributed by atoms with Crippen LogP contribution in [0.3, 0.4) is 0 Å². The van der Waals surface area contributed by atoms with E-state index >= 15 is 0 Å². The van der Waals surface area contributed by atoms with Crippen molar-refractivity contribution in [2.75, 3.05) is 0 Å². The van der Waals surface area contributed by atoms with Gasteiger partial charge in [-0.2, -0.15) is 8.42 Å². The molecule has 0 N–H and O–H groups in total. The molecular formula is C24H24N2O2S. The predicted octanol–water partition coefficient (Wildman–Crippen LogP) is 4.97. The van der Waals surface area contributed by atoms with Gasteiger partial charge in [-0.1, -0.05) is 84.9 Å². The molecule has 0 aliphatic heterocycles. The summed E-state index contributed by atoms with van der Waals surface area (Å²) in [6.07, 6.45) is 1.50. The van der Waals surface area contributed by atoms with Crippen molar-refractivity contribution in [3.63, 3.8) is 0 Å². The van der Waals surface area contributed by atoms with Gasteiger partial charge < -0.3 is 4.90 Å². The number of hydrogen-bond acceptors (Lipinski definition) is 2. The maximum absolute atomic E-state index is 12.9. The Morgan fingerprint density at radius 3 is 1.79 bits per heavy atom. The van der Waals surface area contributed by atoms with E-state index < -0.39 is 10.0 Å². The summed E-state index contributed by atoms with van der Waals surface area (Å²) in [6.45, 7) is 6.77. The number of rotatable bonds is 7. The van der Waals surface area contributed by atoms with Gasteiger partial charge in [-0.05, 0) is 36.3 Å². The number of sulfonamides is 1. The van der Waals surface area contributed by atoms with Gasteiger partial charge in [0.25, 0.3) is 10.0 Å². The lowest BCUT2D eigenvalue weighted by Gasteiger charge is -2.25. The first-order chi connectivity index (χ1) is 14.0. The zero-order valence-electron chi connectivity index (χ0n) is 16.4. The van der Waals surface area contributed by atoms with E-state index in [-0.39, 0.29) is 4.90 Å². The van der Waals surface area contributed by atoms with Gasteiger partial charge in [0, 0.05) is 13.1 Å². The van der Waals surface area contributed by atoms with Gasteiger partial charge in [-0.3, -0.25) is 0 Å². The monoisotopic (exact) mass is 404 g/mol. The molecule has 0 fully saturated rings. The lowest BCUT2D eigenvalue weighted by atomic mass is 10.1. The van der Waals surface area contributed by atoms with Crippen LogP contribution in [0.1, 0.15) is 16.7 Å². The Hall–Kier alpha value is -3.18. The van der Waals surface area contributed by atoms with Crippen molar-refractivity contribution < 1.29 is 8.42 Å². The van der Waals surface area contributed by atoms with Crippen molar-refractivity contribution in [3.8, 4) is 0 Å².